The van der Waals surface area contributed by atoms with E-state index in [0.717, 1.165) is 44.4 Å². The number of hydrogen-bond acceptors (Lipinski definition) is 3. The summed E-state index contributed by atoms with van der Waals surface area (Å²) in [6.45, 7) is 0. The van der Waals surface area contributed by atoms with E-state index < -0.39 is 0 Å². The summed E-state index contributed by atoms with van der Waals surface area (Å²) in [5.74, 6) is 2.89. The second-order valence-corrected chi connectivity index (χ2v) is 12.1. The number of amides is 1. The van der Waals surface area contributed by atoms with Crippen molar-refractivity contribution in [2.24, 2.45) is 23.7 Å². The number of carbonyl (C=O) groups excluding carboxylic acids is 1. The van der Waals surface area contributed by atoms with Gasteiger partial charge in [-0.3, -0.25) is 4.79 Å². The lowest BCUT2D eigenvalue weighted by Gasteiger charge is -2.58. The predicted molar refractivity (Wildman–Crippen MR) is 116 cm³/mol. The summed E-state index contributed by atoms with van der Waals surface area (Å²) < 4.78 is 0. The molecule has 2 heterocycles. The number of hydrogen-bond donors (Lipinski definition) is 1. The molecule has 6 aliphatic rings. The SMILES string of the molecule is O=C(CC1C2CC3CC1CC(O)(C3)C2)N1[C@@H]2CC[C@H]1CC(Sc1ccccc1)C2. The van der Waals surface area contributed by atoms with Crippen LogP contribution in [0.5, 0.6) is 0 Å². The molecule has 0 aromatic heterocycles. The topological polar surface area (TPSA) is 40.5 Å². The van der Waals surface area contributed by atoms with E-state index in [9.17, 15) is 9.90 Å². The summed E-state index contributed by atoms with van der Waals surface area (Å²) in [7, 11) is 0. The molecule has 2 saturated heterocycles. The van der Waals surface area contributed by atoms with Crippen LogP contribution < -0.4 is 0 Å². The second kappa shape index (κ2) is 7.02. The van der Waals surface area contributed by atoms with Crippen molar-refractivity contribution in [3.8, 4) is 0 Å². The van der Waals surface area contributed by atoms with Crippen molar-refractivity contribution in [3.63, 3.8) is 0 Å². The third-order valence-electron chi connectivity index (χ3n) is 8.87. The van der Waals surface area contributed by atoms with Gasteiger partial charge in [-0.25, -0.2) is 0 Å². The minimum absolute atomic E-state index is 0.387. The molecule has 6 bridgehead atoms. The highest BCUT2D eigenvalue weighted by atomic mass is 32.2. The Morgan fingerprint density at radius 3 is 2.28 bits per heavy atom. The van der Waals surface area contributed by atoms with Gasteiger partial charge in [-0.1, -0.05) is 18.2 Å². The highest BCUT2D eigenvalue weighted by Gasteiger charge is 2.55. The van der Waals surface area contributed by atoms with Gasteiger partial charge < -0.3 is 10.0 Å². The van der Waals surface area contributed by atoms with E-state index in [1.807, 2.05) is 11.8 Å². The molecule has 1 aromatic carbocycles. The number of aliphatic hydroxyl groups is 1. The largest absolute Gasteiger partial charge is 0.390 e. The van der Waals surface area contributed by atoms with Crippen LogP contribution in [0.3, 0.4) is 0 Å². The van der Waals surface area contributed by atoms with Gasteiger partial charge in [-0.05, 0) is 93.6 Å². The molecule has 7 rings (SSSR count). The van der Waals surface area contributed by atoms with Gasteiger partial charge >= 0.3 is 0 Å². The van der Waals surface area contributed by atoms with Crippen molar-refractivity contribution in [2.45, 2.75) is 92.0 Å². The van der Waals surface area contributed by atoms with Gasteiger partial charge in [0.2, 0.25) is 5.91 Å². The number of piperidine rings is 1. The van der Waals surface area contributed by atoms with Gasteiger partial charge in [0.05, 0.1) is 5.60 Å². The van der Waals surface area contributed by atoms with Gasteiger partial charge in [0.1, 0.15) is 0 Å². The zero-order valence-corrected chi connectivity index (χ0v) is 18.0. The summed E-state index contributed by atoms with van der Waals surface area (Å²) in [5, 5.41) is 11.5. The maximum Gasteiger partial charge on any atom is 0.223 e. The minimum Gasteiger partial charge on any atom is -0.390 e. The van der Waals surface area contributed by atoms with Crippen LogP contribution in [0.25, 0.3) is 0 Å². The first-order valence-corrected chi connectivity index (χ1v) is 12.7. The van der Waals surface area contributed by atoms with Crippen LogP contribution in [0.15, 0.2) is 35.2 Å². The highest BCUT2D eigenvalue weighted by molar-refractivity contribution is 8.00. The highest BCUT2D eigenvalue weighted by Crippen LogP contribution is 2.59. The number of rotatable bonds is 4. The summed E-state index contributed by atoms with van der Waals surface area (Å²) in [6, 6.07) is 11.7. The van der Waals surface area contributed by atoms with Crippen molar-refractivity contribution in [3.05, 3.63) is 30.3 Å². The van der Waals surface area contributed by atoms with Crippen molar-refractivity contribution >= 4 is 17.7 Å². The quantitative estimate of drug-likeness (QED) is 0.768. The second-order valence-electron chi connectivity index (χ2n) is 10.8. The molecular formula is C25H33NO2S. The first-order chi connectivity index (χ1) is 14.1. The van der Waals surface area contributed by atoms with E-state index in [1.54, 1.807) is 0 Å². The molecule has 0 radical (unpaired) electrons. The van der Waals surface area contributed by atoms with Gasteiger partial charge in [-0.15, -0.1) is 11.8 Å². The van der Waals surface area contributed by atoms with E-state index in [4.69, 9.17) is 0 Å². The third-order valence-corrected chi connectivity index (χ3v) is 10.1. The molecule has 0 spiro atoms. The summed E-state index contributed by atoms with van der Waals surface area (Å²) >= 11 is 2.01. The van der Waals surface area contributed by atoms with E-state index >= 15 is 0 Å². The average Bonchev–Trinajstić information content (AvgIpc) is 2.95. The zero-order valence-electron chi connectivity index (χ0n) is 17.2. The Hall–Kier alpha value is -1.00. The van der Waals surface area contributed by atoms with Gasteiger partial charge in [0, 0.05) is 28.6 Å². The maximum absolute atomic E-state index is 13.5. The fraction of sp³-hybridized carbons (Fsp3) is 0.720. The first-order valence-electron chi connectivity index (χ1n) is 11.8. The number of carbonyl (C=O) groups is 1. The standard InChI is InChI=1S/C25H33NO2S/c27-24(12-23-17-8-16-9-18(23)15-25(28,13-16)14-17)26-19-6-7-20(26)11-22(10-19)29-21-4-2-1-3-5-21/h1-5,16-20,22-23,28H,6-15H2/t16?,17?,18?,19-,20+,22?,23?,25?. The lowest BCUT2D eigenvalue weighted by Crippen LogP contribution is -2.56. The molecule has 3 nitrogen and oxygen atoms in total. The molecule has 6 fully saturated rings. The molecule has 5 atom stereocenters. The summed E-state index contributed by atoms with van der Waals surface area (Å²) in [5.41, 5.74) is -0.387. The molecular weight excluding hydrogens is 378 g/mol. The predicted octanol–water partition coefficient (Wildman–Crippen LogP) is 4.88. The van der Waals surface area contributed by atoms with Gasteiger partial charge in [0.15, 0.2) is 0 Å². The van der Waals surface area contributed by atoms with Gasteiger partial charge in [-0.2, -0.15) is 0 Å². The number of thioether (sulfide) groups is 1. The van der Waals surface area contributed by atoms with Crippen molar-refractivity contribution in [1.29, 1.82) is 0 Å². The van der Waals surface area contributed by atoms with E-state index in [2.05, 4.69) is 35.2 Å². The first kappa shape index (κ1) is 18.7. The average molecular weight is 412 g/mol. The normalized spacial score (nSPS) is 45.0. The van der Waals surface area contributed by atoms with Crippen molar-refractivity contribution in [2.75, 3.05) is 0 Å². The zero-order chi connectivity index (χ0) is 19.6. The van der Waals surface area contributed by atoms with E-state index in [0.29, 0.717) is 41.0 Å². The van der Waals surface area contributed by atoms with Crippen LogP contribution >= 0.6 is 11.8 Å². The fourth-order valence-corrected chi connectivity index (χ4v) is 9.38. The summed E-state index contributed by atoms with van der Waals surface area (Å²) in [4.78, 5) is 17.1. The Balaban J connectivity index is 1.11. The van der Waals surface area contributed by atoms with Crippen LogP contribution in [0.1, 0.15) is 64.2 Å². The van der Waals surface area contributed by atoms with Gasteiger partial charge in [0.25, 0.3) is 0 Å². The third kappa shape index (κ3) is 3.35. The molecule has 156 valence electrons. The van der Waals surface area contributed by atoms with Crippen LogP contribution in [0.4, 0.5) is 0 Å². The molecule has 3 unspecified atom stereocenters. The van der Waals surface area contributed by atoms with E-state index in [1.165, 1.54) is 30.6 Å². The van der Waals surface area contributed by atoms with Crippen molar-refractivity contribution < 1.29 is 9.90 Å². The minimum atomic E-state index is -0.387. The lowest BCUT2D eigenvalue weighted by atomic mass is 9.49. The molecule has 1 amide bonds. The molecule has 4 saturated carbocycles. The molecule has 4 aliphatic carbocycles. The summed E-state index contributed by atoms with van der Waals surface area (Å²) in [6.07, 6.45) is 10.9. The molecule has 4 heteroatoms. The Labute approximate surface area is 178 Å². The van der Waals surface area contributed by atoms with E-state index in [-0.39, 0.29) is 5.60 Å². The lowest BCUT2D eigenvalue weighted by molar-refractivity contribution is -0.162. The maximum atomic E-state index is 13.5. The molecule has 29 heavy (non-hydrogen) atoms. The number of fused-ring (bicyclic) bond motifs is 2. The van der Waals surface area contributed by atoms with Crippen LogP contribution in [-0.4, -0.2) is 38.8 Å². The Bertz CT molecular complexity index is 752. The molecule has 1 aromatic rings. The van der Waals surface area contributed by atoms with Crippen LogP contribution in [0, 0.1) is 23.7 Å². The van der Waals surface area contributed by atoms with Crippen LogP contribution in [0.2, 0.25) is 0 Å². The Kier molecular flexibility index (Phi) is 4.54. The smallest absolute Gasteiger partial charge is 0.223 e. The fourth-order valence-electron chi connectivity index (χ4n) is 8.05. The van der Waals surface area contributed by atoms with Crippen LogP contribution in [-0.2, 0) is 4.79 Å². The van der Waals surface area contributed by atoms with Crippen molar-refractivity contribution in [1.82, 2.24) is 4.90 Å². The monoisotopic (exact) mass is 411 g/mol. The molecule has 2 aliphatic heterocycles. The number of nitrogens with zero attached hydrogens (tertiary/aromatic N) is 1. The number of benzene rings is 1. The molecule has 1 N–H and O–H groups in total. The Morgan fingerprint density at radius 1 is 1.00 bits per heavy atom. The Morgan fingerprint density at radius 2 is 1.66 bits per heavy atom.